The molecule has 0 N–H and O–H groups in total. The van der Waals surface area contributed by atoms with E-state index in [1.54, 1.807) is 0 Å². The monoisotopic (exact) mass is 382 g/mol. The van der Waals surface area contributed by atoms with Crippen LogP contribution < -0.4 is 0 Å². The van der Waals surface area contributed by atoms with E-state index < -0.39 is 8.32 Å². The third-order valence-corrected chi connectivity index (χ3v) is 11.2. The molecule has 0 aromatic heterocycles. The van der Waals surface area contributed by atoms with Gasteiger partial charge in [-0.3, -0.25) is 4.79 Å². The second kappa shape index (κ2) is 8.60. The Morgan fingerprint density at radius 3 is 2.12 bits per heavy atom. The largest absolute Gasteiger partial charge is 0.493 e. The maximum absolute atomic E-state index is 12.9. The summed E-state index contributed by atoms with van der Waals surface area (Å²) in [5, 5.41) is 0.167. The molecule has 5 atom stereocenters. The number of allylic oxidation sites excluding steroid dienone is 1. The van der Waals surface area contributed by atoms with Gasteiger partial charge in [0.05, 0.1) is 12.0 Å². The van der Waals surface area contributed by atoms with Crippen molar-refractivity contribution in [2.45, 2.75) is 105 Å². The summed E-state index contributed by atoms with van der Waals surface area (Å²) >= 11 is 0. The minimum absolute atomic E-state index is 0.0287. The average Bonchev–Trinajstić information content (AvgIpc) is 2.55. The molecule has 26 heavy (non-hydrogen) atoms. The van der Waals surface area contributed by atoms with Crippen molar-refractivity contribution in [1.29, 1.82) is 0 Å². The highest BCUT2D eigenvalue weighted by Crippen LogP contribution is 2.41. The molecule has 0 spiro atoms. The van der Waals surface area contributed by atoms with E-state index in [-0.39, 0.29) is 34.9 Å². The van der Waals surface area contributed by atoms with Crippen LogP contribution in [0, 0.1) is 17.8 Å². The van der Waals surface area contributed by atoms with Gasteiger partial charge in [-0.15, -0.1) is 0 Å². The Labute approximate surface area is 163 Å². The standard InChI is InChI=1S/C22H42O3Si/c1-12-14(3)20-16(5)19(23)17(6)21(24-20)15(4)18(13-2)25-26(10,11)22(7,8)9/h14-16,18,20H,12-13H2,1-11H3/t14-,15+,16+,18+,20-/m0/s1. The van der Waals surface area contributed by atoms with E-state index in [2.05, 4.69) is 61.6 Å². The number of ether oxygens (including phenoxy) is 1. The molecule has 1 rings (SSSR count). The molecule has 0 aromatic carbocycles. The lowest BCUT2D eigenvalue weighted by atomic mass is 9.82. The molecule has 0 saturated heterocycles. The van der Waals surface area contributed by atoms with Crippen molar-refractivity contribution in [2.24, 2.45) is 17.8 Å². The van der Waals surface area contributed by atoms with Gasteiger partial charge in [0.15, 0.2) is 14.1 Å². The summed E-state index contributed by atoms with van der Waals surface area (Å²) in [6.07, 6.45) is 1.99. The molecule has 0 amide bonds. The van der Waals surface area contributed by atoms with Crippen molar-refractivity contribution in [3.63, 3.8) is 0 Å². The third-order valence-electron chi connectivity index (χ3n) is 6.74. The molecule has 3 nitrogen and oxygen atoms in total. The maximum Gasteiger partial charge on any atom is 0.192 e. The van der Waals surface area contributed by atoms with Crippen molar-refractivity contribution in [1.82, 2.24) is 0 Å². The Morgan fingerprint density at radius 1 is 1.15 bits per heavy atom. The zero-order valence-electron chi connectivity index (χ0n) is 19.0. The molecule has 0 aromatic rings. The Balaban J connectivity index is 3.15. The van der Waals surface area contributed by atoms with Crippen molar-refractivity contribution in [3.8, 4) is 0 Å². The topological polar surface area (TPSA) is 35.5 Å². The van der Waals surface area contributed by atoms with Crippen LogP contribution in [-0.4, -0.2) is 26.3 Å². The molecule has 0 fully saturated rings. The SMILES string of the molecule is CC[C@H](C)[C@@H]1OC([C@H](C)[C@@H](CC)O[Si](C)(C)C(C)(C)C)=C(C)C(=O)[C@H]1C. The van der Waals surface area contributed by atoms with Gasteiger partial charge in [-0.05, 0) is 37.4 Å². The zero-order valence-corrected chi connectivity index (χ0v) is 20.0. The first-order valence-corrected chi connectivity index (χ1v) is 13.3. The van der Waals surface area contributed by atoms with E-state index in [0.29, 0.717) is 5.92 Å². The third kappa shape index (κ3) is 4.81. The van der Waals surface area contributed by atoms with E-state index in [4.69, 9.17) is 9.16 Å². The zero-order chi connectivity index (χ0) is 20.4. The highest BCUT2D eigenvalue weighted by molar-refractivity contribution is 6.74. The first-order chi connectivity index (χ1) is 11.8. The molecular weight excluding hydrogens is 340 g/mol. The molecule has 0 unspecified atom stereocenters. The molecular formula is C22H42O3Si. The molecule has 0 bridgehead atoms. The molecule has 1 aliphatic heterocycles. The van der Waals surface area contributed by atoms with Gasteiger partial charge >= 0.3 is 0 Å². The van der Waals surface area contributed by atoms with Crippen LogP contribution in [0.1, 0.15) is 75.2 Å². The Hall–Kier alpha value is -0.613. The van der Waals surface area contributed by atoms with Gasteiger partial charge in [0.2, 0.25) is 0 Å². The fourth-order valence-electron chi connectivity index (χ4n) is 3.50. The van der Waals surface area contributed by atoms with Crippen molar-refractivity contribution < 1.29 is 14.0 Å². The van der Waals surface area contributed by atoms with Crippen LogP contribution in [0.3, 0.4) is 0 Å². The summed E-state index contributed by atoms with van der Waals surface area (Å²) in [5.74, 6) is 1.50. The van der Waals surface area contributed by atoms with Crippen molar-refractivity contribution in [3.05, 3.63) is 11.3 Å². The van der Waals surface area contributed by atoms with Crippen LogP contribution in [0.25, 0.3) is 0 Å². The summed E-state index contributed by atoms with van der Waals surface area (Å²) < 4.78 is 13.2. The predicted octanol–water partition coefficient (Wildman–Crippen LogP) is 6.35. The van der Waals surface area contributed by atoms with Crippen LogP contribution in [0.5, 0.6) is 0 Å². The number of rotatable bonds is 7. The molecule has 0 saturated carbocycles. The minimum atomic E-state index is -1.88. The highest BCUT2D eigenvalue weighted by Gasteiger charge is 2.43. The van der Waals surface area contributed by atoms with Gasteiger partial charge in [0.1, 0.15) is 11.9 Å². The summed E-state index contributed by atoms with van der Waals surface area (Å²) in [6, 6.07) is 0. The number of ketones is 1. The lowest BCUT2D eigenvalue weighted by molar-refractivity contribution is -0.128. The lowest BCUT2D eigenvalue weighted by Gasteiger charge is -2.43. The van der Waals surface area contributed by atoms with Gasteiger partial charge in [-0.1, -0.05) is 61.8 Å². The second-order valence-electron chi connectivity index (χ2n) is 9.72. The van der Waals surface area contributed by atoms with Crippen LogP contribution in [0.15, 0.2) is 11.3 Å². The van der Waals surface area contributed by atoms with E-state index >= 15 is 0 Å². The quantitative estimate of drug-likeness (QED) is 0.481. The Morgan fingerprint density at radius 2 is 1.69 bits per heavy atom. The van der Waals surface area contributed by atoms with Crippen LogP contribution in [-0.2, 0) is 14.0 Å². The number of hydrogen-bond acceptors (Lipinski definition) is 3. The van der Waals surface area contributed by atoms with E-state index in [1.807, 2.05) is 13.8 Å². The van der Waals surface area contributed by atoms with Crippen LogP contribution in [0.4, 0.5) is 0 Å². The molecule has 4 heteroatoms. The van der Waals surface area contributed by atoms with Crippen LogP contribution in [0.2, 0.25) is 18.1 Å². The van der Waals surface area contributed by atoms with Gasteiger partial charge in [-0.25, -0.2) is 0 Å². The van der Waals surface area contributed by atoms with Gasteiger partial charge < -0.3 is 9.16 Å². The molecule has 152 valence electrons. The smallest absolute Gasteiger partial charge is 0.192 e. The molecule has 0 radical (unpaired) electrons. The molecule has 0 aliphatic carbocycles. The summed E-state index contributed by atoms with van der Waals surface area (Å²) in [4.78, 5) is 12.9. The lowest BCUT2D eigenvalue weighted by Crippen LogP contribution is -2.47. The number of Topliss-reactive ketones (excluding diaryl/α,β-unsaturated/α-hetero) is 1. The number of carbonyl (C=O) groups excluding carboxylic acids is 1. The van der Waals surface area contributed by atoms with Crippen molar-refractivity contribution >= 4 is 14.1 Å². The fraction of sp³-hybridized carbons (Fsp3) is 0.864. The first-order valence-electron chi connectivity index (χ1n) is 10.4. The molecule has 1 heterocycles. The second-order valence-corrected chi connectivity index (χ2v) is 14.5. The molecule has 1 aliphatic rings. The van der Waals surface area contributed by atoms with E-state index in [0.717, 1.165) is 24.2 Å². The van der Waals surface area contributed by atoms with Crippen molar-refractivity contribution in [2.75, 3.05) is 0 Å². The number of carbonyl (C=O) groups is 1. The van der Waals surface area contributed by atoms with Gasteiger partial charge in [0, 0.05) is 11.5 Å². The Kier molecular flexibility index (Phi) is 7.75. The van der Waals surface area contributed by atoms with E-state index in [9.17, 15) is 4.79 Å². The minimum Gasteiger partial charge on any atom is -0.493 e. The van der Waals surface area contributed by atoms with E-state index in [1.165, 1.54) is 0 Å². The predicted molar refractivity (Wildman–Crippen MR) is 113 cm³/mol. The normalized spacial score (nSPS) is 25.7. The highest BCUT2D eigenvalue weighted by atomic mass is 28.4. The van der Waals surface area contributed by atoms with Crippen LogP contribution >= 0.6 is 0 Å². The maximum atomic E-state index is 12.9. The number of hydrogen-bond donors (Lipinski definition) is 0. The average molecular weight is 383 g/mol. The van der Waals surface area contributed by atoms with Gasteiger partial charge in [0.25, 0.3) is 0 Å². The summed E-state index contributed by atoms with van der Waals surface area (Å²) in [6.45, 7) is 24.0. The van der Waals surface area contributed by atoms with Gasteiger partial charge in [-0.2, -0.15) is 0 Å². The summed E-state index contributed by atoms with van der Waals surface area (Å²) in [7, 11) is -1.88. The Bertz CT molecular complexity index is 530. The first kappa shape index (κ1) is 23.4. The fourth-order valence-corrected chi connectivity index (χ4v) is 4.98. The summed E-state index contributed by atoms with van der Waals surface area (Å²) in [5.41, 5.74) is 0.793.